The van der Waals surface area contributed by atoms with Gasteiger partial charge in [-0.2, -0.15) is 0 Å². The lowest BCUT2D eigenvalue weighted by atomic mass is 10.1. The number of benzene rings is 1. The van der Waals surface area contributed by atoms with Crippen molar-refractivity contribution in [3.63, 3.8) is 0 Å². The molecular weight excluding hydrogens is 270 g/mol. The molecule has 0 radical (unpaired) electrons. The van der Waals surface area contributed by atoms with Gasteiger partial charge in [-0.3, -0.25) is 4.79 Å². The number of rotatable bonds is 8. The second kappa shape index (κ2) is 7.11. The van der Waals surface area contributed by atoms with Crippen molar-refractivity contribution >= 4 is 11.9 Å². The van der Waals surface area contributed by atoms with Crippen molar-refractivity contribution < 1.29 is 19.4 Å². The predicted molar refractivity (Wildman–Crippen MR) is 78.1 cm³/mol. The van der Waals surface area contributed by atoms with Crippen LogP contribution in [0, 0.1) is 5.92 Å². The number of carboxylic acid groups (broad SMARTS) is 1. The van der Waals surface area contributed by atoms with Crippen molar-refractivity contribution in [3.05, 3.63) is 29.8 Å². The summed E-state index contributed by atoms with van der Waals surface area (Å²) in [6.45, 7) is 1.58. The molecule has 0 saturated heterocycles. The molecule has 1 saturated carbocycles. The molecule has 0 bridgehead atoms. The van der Waals surface area contributed by atoms with E-state index in [4.69, 9.17) is 9.84 Å². The molecule has 0 aliphatic heterocycles. The summed E-state index contributed by atoms with van der Waals surface area (Å²) in [5, 5.41) is 11.5. The number of hydrogen-bond acceptors (Lipinski definition) is 3. The van der Waals surface area contributed by atoms with Crippen LogP contribution in [0.5, 0.6) is 5.75 Å². The first-order chi connectivity index (χ1) is 10.0. The molecule has 21 heavy (non-hydrogen) atoms. The summed E-state index contributed by atoms with van der Waals surface area (Å²) in [5.74, 6) is 0.348. The van der Waals surface area contributed by atoms with Crippen molar-refractivity contribution in [3.8, 4) is 5.75 Å². The summed E-state index contributed by atoms with van der Waals surface area (Å²) in [4.78, 5) is 22.2. The van der Waals surface area contributed by atoms with E-state index in [1.54, 1.807) is 12.1 Å². The van der Waals surface area contributed by atoms with Crippen LogP contribution < -0.4 is 10.1 Å². The molecule has 1 amide bonds. The Labute approximate surface area is 124 Å². The minimum atomic E-state index is -1.00. The lowest BCUT2D eigenvalue weighted by molar-refractivity contribution is -0.139. The highest BCUT2D eigenvalue weighted by atomic mass is 16.5. The normalized spacial score (nSPS) is 15.3. The smallest absolute Gasteiger partial charge is 0.341 e. The molecule has 2 rings (SSSR count). The molecule has 1 atom stereocenters. The van der Waals surface area contributed by atoms with Crippen LogP contribution in [-0.4, -0.2) is 23.6 Å². The zero-order valence-electron chi connectivity index (χ0n) is 12.2. The summed E-state index contributed by atoms with van der Waals surface area (Å²) in [6, 6.07) is 7.03. The third kappa shape index (κ3) is 5.45. The fourth-order valence-corrected chi connectivity index (χ4v) is 2.14. The number of carbonyl (C=O) groups is 2. The average molecular weight is 291 g/mol. The van der Waals surface area contributed by atoms with Crippen LogP contribution in [0.1, 0.15) is 44.2 Å². The Kier molecular flexibility index (Phi) is 5.20. The van der Waals surface area contributed by atoms with E-state index in [1.807, 2.05) is 19.1 Å². The van der Waals surface area contributed by atoms with Gasteiger partial charge in [-0.1, -0.05) is 25.0 Å². The maximum absolute atomic E-state index is 11.8. The van der Waals surface area contributed by atoms with Crippen molar-refractivity contribution in [2.75, 3.05) is 6.61 Å². The fraction of sp³-hybridized carbons (Fsp3) is 0.500. The van der Waals surface area contributed by atoms with Crippen LogP contribution >= 0.6 is 0 Å². The third-order valence-corrected chi connectivity index (χ3v) is 3.60. The third-order valence-electron chi connectivity index (χ3n) is 3.60. The average Bonchev–Trinajstić information content (AvgIpc) is 3.27. The Bertz CT molecular complexity index is 494. The molecule has 0 aromatic heterocycles. The van der Waals surface area contributed by atoms with Gasteiger partial charge in [-0.05, 0) is 37.0 Å². The number of aliphatic carboxylic acids is 1. The van der Waals surface area contributed by atoms with Gasteiger partial charge in [-0.15, -0.1) is 0 Å². The van der Waals surface area contributed by atoms with Gasteiger partial charge in [0.05, 0.1) is 6.04 Å². The quantitative estimate of drug-likeness (QED) is 0.771. The van der Waals surface area contributed by atoms with E-state index in [0.29, 0.717) is 12.2 Å². The van der Waals surface area contributed by atoms with E-state index in [1.165, 1.54) is 12.8 Å². The van der Waals surface area contributed by atoms with E-state index in [0.717, 1.165) is 17.9 Å². The predicted octanol–water partition coefficient (Wildman–Crippen LogP) is 2.52. The molecule has 0 spiro atoms. The highest BCUT2D eigenvalue weighted by Gasteiger charge is 2.22. The molecule has 1 unspecified atom stereocenters. The minimum Gasteiger partial charge on any atom is -0.482 e. The molecule has 1 aromatic rings. The van der Waals surface area contributed by atoms with Gasteiger partial charge in [0.1, 0.15) is 5.75 Å². The highest BCUT2D eigenvalue weighted by molar-refractivity contribution is 5.76. The number of nitrogens with one attached hydrogen (secondary N) is 1. The number of carbonyl (C=O) groups excluding carboxylic acids is 1. The first-order valence-corrected chi connectivity index (χ1v) is 7.28. The van der Waals surface area contributed by atoms with Gasteiger partial charge >= 0.3 is 5.97 Å². The molecule has 1 fully saturated rings. The van der Waals surface area contributed by atoms with E-state index in [9.17, 15) is 9.59 Å². The Morgan fingerprint density at radius 2 is 2.00 bits per heavy atom. The van der Waals surface area contributed by atoms with E-state index in [2.05, 4.69) is 5.32 Å². The maximum Gasteiger partial charge on any atom is 0.341 e. The Morgan fingerprint density at radius 3 is 2.57 bits per heavy atom. The SMILES string of the molecule is CC(NC(=O)CCC1CC1)c1ccc(OCC(=O)O)cc1. The highest BCUT2D eigenvalue weighted by Crippen LogP contribution is 2.33. The van der Waals surface area contributed by atoms with Crippen molar-refractivity contribution in [1.82, 2.24) is 5.32 Å². The van der Waals surface area contributed by atoms with Gasteiger partial charge < -0.3 is 15.2 Å². The second-order valence-electron chi connectivity index (χ2n) is 5.52. The van der Waals surface area contributed by atoms with Gasteiger partial charge in [0, 0.05) is 6.42 Å². The van der Waals surface area contributed by atoms with Crippen molar-refractivity contribution in [2.24, 2.45) is 5.92 Å². The van der Waals surface area contributed by atoms with Crippen molar-refractivity contribution in [2.45, 2.75) is 38.6 Å². The number of carboxylic acids is 1. The minimum absolute atomic E-state index is 0.0646. The molecule has 5 heteroatoms. The molecular formula is C16H21NO4. The van der Waals surface area contributed by atoms with Crippen LogP contribution in [0.25, 0.3) is 0 Å². The molecule has 1 aromatic carbocycles. The summed E-state index contributed by atoms with van der Waals surface area (Å²) in [5.41, 5.74) is 0.970. The first kappa shape index (κ1) is 15.4. The van der Waals surface area contributed by atoms with Crippen LogP contribution in [0.3, 0.4) is 0 Å². The Balaban J connectivity index is 1.79. The summed E-state index contributed by atoms with van der Waals surface area (Å²) in [7, 11) is 0. The van der Waals surface area contributed by atoms with Crippen molar-refractivity contribution in [1.29, 1.82) is 0 Å². The maximum atomic E-state index is 11.8. The zero-order valence-corrected chi connectivity index (χ0v) is 12.2. The van der Waals surface area contributed by atoms with Gasteiger partial charge in [-0.25, -0.2) is 4.79 Å². The van der Waals surface area contributed by atoms with Gasteiger partial charge in [0.25, 0.3) is 0 Å². The van der Waals surface area contributed by atoms with Gasteiger partial charge in [0.15, 0.2) is 6.61 Å². The fourth-order valence-electron chi connectivity index (χ4n) is 2.14. The lowest BCUT2D eigenvalue weighted by Gasteiger charge is -2.15. The van der Waals surface area contributed by atoms with E-state index in [-0.39, 0.29) is 18.6 Å². The Morgan fingerprint density at radius 1 is 1.33 bits per heavy atom. The van der Waals surface area contributed by atoms with Crippen LogP contribution in [0.2, 0.25) is 0 Å². The number of ether oxygens (including phenoxy) is 1. The zero-order chi connectivity index (χ0) is 15.2. The molecule has 5 nitrogen and oxygen atoms in total. The van der Waals surface area contributed by atoms with Crippen LogP contribution in [-0.2, 0) is 9.59 Å². The topological polar surface area (TPSA) is 75.6 Å². The molecule has 0 heterocycles. The van der Waals surface area contributed by atoms with Gasteiger partial charge in [0.2, 0.25) is 5.91 Å². The monoisotopic (exact) mass is 291 g/mol. The second-order valence-corrected chi connectivity index (χ2v) is 5.52. The molecule has 2 N–H and O–H groups in total. The summed E-state index contributed by atoms with van der Waals surface area (Å²) in [6.07, 6.45) is 4.11. The Hall–Kier alpha value is -2.04. The first-order valence-electron chi connectivity index (χ1n) is 7.28. The summed E-state index contributed by atoms with van der Waals surface area (Å²) < 4.78 is 5.07. The van der Waals surface area contributed by atoms with E-state index < -0.39 is 5.97 Å². The number of amides is 1. The standard InChI is InChI=1S/C16H21NO4/c1-11(17-15(18)9-4-12-2-3-12)13-5-7-14(8-6-13)21-10-16(19)20/h5-8,11-12H,2-4,9-10H2,1H3,(H,17,18)(H,19,20). The summed E-state index contributed by atoms with van der Waals surface area (Å²) >= 11 is 0. The molecule has 114 valence electrons. The largest absolute Gasteiger partial charge is 0.482 e. The molecule has 1 aliphatic carbocycles. The van der Waals surface area contributed by atoms with Crippen LogP contribution in [0.4, 0.5) is 0 Å². The number of hydrogen-bond donors (Lipinski definition) is 2. The lowest BCUT2D eigenvalue weighted by Crippen LogP contribution is -2.26. The molecule has 1 aliphatic rings. The van der Waals surface area contributed by atoms with Crippen LogP contribution in [0.15, 0.2) is 24.3 Å². The van der Waals surface area contributed by atoms with E-state index >= 15 is 0 Å².